The molecule has 110 valence electrons. The number of benzene rings is 1. The number of aliphatic hydroxyl groups is 1. The number of aliphatic hydroxyl groups excluding tert-OH is 1. The Bertz CT molecular complexity index is 711. The highest BCUT2D eigenvalue weighted by Gasteiger charge is 2.38. The number of hydrogen-bond donors (Lipinski definition) is 2. The molecule has 1 atom stereocenters. The number of rotatable bonds is 2. The van der Waals surface area contributed by atoms with Crippen molar-refractivity contribution in [2.75, 3.05) is 5.32 Å². The predicted molar refractivity (Wildman–Crippen MR) is 86.0 cm³/mol. The summed E-state index contributed by atoms with van der Waals surface area (Å²) in [6.45, 7) is 7.93. The Morgan fingerprint density at radius 2 is 1.95 bits per heavy atom. The SMILES string of the molecule is Cc1cc(C(O)c2ccc3c(c2)C(C)(C)C(=O)N3)sc1C. The monoisotopic (exact) mass is 301 g/mol. The largest absolute Gasteiger partial charge is 0.383 e. The van der Waals surface area contributed by atoms with Crippen LogP contribution in [0.25, 0.3) is 0 Å². The molecular formula is C17H19NO2S. The van der Waals surface area contributed by atoms with Gasteiger partial charge in [-0.25, -0.2) is 0 Å². The first-order valence-electron chi connectivity index (χ1n) is 7.01. The lowest BCUT2D eigenvalue weighted by Crippen LogP contribution is -2.26. The Balaban J connectivity index is 2.02. The Labute approximate surface area is 128 Å². The van der Waals surface area contributed by atoms with E-state index in [1.54, 1.807) is 11.3 Å². The summed E-state index contributed by atoms with van der Waals surface area (Å²) in [6, 6.07) is 7.75. The molecule has 1 aromatic heterocycles. The highest BCUT2D eigenvalue weighted by atomic mass is 32.1. The zero-order valence-electron chi connectivity index (χ0n) is 12.7. The van der Waals surface area contributed by atoms with Crippen LogP contribution < -0.4 is 5.32 Å². The summed E-state index contributed by atoms with van der Waals surface area (Å²) in [4.78, 5) is 14.1. The normalized spacial score (nSPS) is 17.5. The molecule has 0 saturated carbocycles. The van der Waals surface area contributed by atoms with Crippen LogP contribution in [-0.2, 0) is 10.2 Å². The Morgan fingerprint density at radius 3 is 2.57 bits per heavy atom. The predicted octanol–water partition coefficient (Wildman–Crippen LogP) is 3.68. The lowest BCUT2D eigenvalue weighted by atomic mass is 9.85. The van der Waals surface area contributed by atoms with E-state index in [1.165, 1.54) is 10.4 Å². The van der Waals surface area contributed by atoms with E-state index >= 15 is 0 Å². The summed E-state index contributed by atoms with van der Waals surface area (Å²) in [5.41, 5.74) is 3.28. The van der Waals surface area contributed by atoms with Crippen LogP contribution in [0.5, 0.6) is 0 Å². The topological polar surface area (TPSA) is 49.3 Å². The molecule has 0 fully saturated rings. The molecule has 0 aliphatic carbocycles. The number of hydrogen-bond acceptors (Lipinski definition) is 3. The van der Waals surface area contributed by atoms with Gasteiger partial charge < -0.3 is 10.4 Å². The minimum absolute atomic E-state index is 0.00644. The van der Waals surface area contributed by atoms with E-state index in [0.29, 0.717) is 0 Å². The van der Waals surface area contributed by atoms with Crippen molar-refractivity contribution in [3.63, 3.8) is 0 Å². The average Bonchev–Trinajstić information content (AvgIpc) is 2.88. The highest BCUT2D eigenvalue weighted by Crippen LogP contribution is 2.40. The van der Waals surface area contributed by atoms with Crippen molar-refractivity contribution in [3.8, 4) is 0 Å². The van der Waals surface area contributed by atoms with Crippen molar-refractivity contribution < 1.29 is 9.90 Å². The molecule has 0 bridgehead atoms. The molecule has 1 aliphatic rings. The smallest absolute Gasteiger partial charge is 0.234 e. The fourth-order valence-corrected chi connectivity index (χ4v) is 3.72. The van der Waals surface area contributed by atoms with E-state index in [0.717, 1.165) is 21.7 Å². The van der Waals surface area contributed by atoms with Crippen LogP contribution in [0.3, 0.4) is 0 Å². The van der Waals surface area contributed by atoms with Crippen LogP contribution in [0.4, 0.5) is 5.69 Å². The zero-order valence-corrected chi connectivity index (χ0v) is 13.5. The molecule has 1 unspecified atom stereocenters. The van der Waals surface area contributed by atoms with Crippen molar-refractivity contribution in [1.29, 1.82) is 0 Å². The van der Waals surface area contributed by atoms with Gasteiger partial charge in [0.15, 0.2) is 0 Å². The van der Waals surface area contributed by atoms with E-state index < -0.39 is 11.5 Å². The number of thiophene rings is 1. The standard InChI is InChI=1S/C17H19NO2S/c1-9-7-14(21-10(9)2)15(19)11-5-6-13-12(8-11)17(3,4)16(20)18-13/h5-8,15,19H,1-4H3,(H,18,20). The Morgan fingerprint density at radius 1 is 1.24 bits per heavy atom. The van der Waals surface area contributed by atoms with Gasteiger partial charge in [0.05, 0.1) is 5.41 Å². The van der Waals surface area contributed by atoms with Crippen LogP contribution in [0.2, 0.25) is 0 Å². The second-order valence-corrected chi connectivity index (χ2v) is 7.46. The maximum atomic E-state index is 12.0. The van der Waals surface area contributed by atoms with E-state index in [-0.39, 0.29) is 5.91 Å². The molecule has 0 saturated heterocycles. The van der Waals surface area contributed by atoms with Gasteiger partial charge in [-0.3, -0.25) is 4.79 Å². The summed E-state index contributed by atoms with van der Waals surface area (Å²) >= 11 is 1.62. The zero-order chi connectivity index (χ0) is 15.4. The van der Waals surface area contributed by atoms with Gasteiger partial charge in [-0.2, -0.15) is 0 Å². The fraction of sp³-hybridized carbons (Fsp3) is 0.353. The highest BCUT2D eigenvalue weighted by molar-refractivity contribution is 7.12. The summed E-state index contributed by atoms with van der Waals surface area (Å²) in [7, 11) is 0. The van der Waals surface area contributed by atoms with Crippen LogP contribution in [0, 0.1) is 13.8 Å². The molecule has 2 N–H and O–H groups in total. The van der Waals surface area contributed by atoms with Gasteiger partial charge in [-0.1, -0.05) is 6.07 Å². The third-order valence-electron chi connectivity index (χ3n) is 4.30. The summed E-state index contributed by atoms with van der Waals surface area (Å²) < 4.78 is 0. The van der Waals surface area contributed by atoms with Crippen molar-refractivity contribution in [3.05, 3.63) is 50.7 Å². The number of anilines is 1. The lowest BCUT2D eigenvalue weighted by Gasteiger charge is -2.17. The summed E-state index contributed by atoms with van der Waals surface area (Å²) in [6.07, 6.45) is -0.640. The molecule has 21 heavy (non-hydrogen) atoms. The third kappa shape index (κ3) is 2.19. The number of carbonyl (C=O) groups is 1. The molecule has 2 aromatic rings. The third-order valence-corrected chi connectivity index (χ3v) is 5.51. The minimum atomic E-state index is -0.640. The first-order chi connectivity index (χ1) is 9.80. The number of nitrogens with one attached hydrogen (secondary N) is 1. The van der Waals surface area contributed by atoms with Gasteiger partial charge in [0, 0.05) is 15.4 Å². The van der Waals surface area contributed by atoms with Gasteiger partial charge in [0.25, 0.3) is 0 Å². The van der Waals surface area contributed by atoms with E-state index in [4.69, 9.17) is 0 Å². The molecule has 1 aliphatic heterocycles. The van der Waals surface area contributed by atoms with Crippen LogP contribution in [-0.4, -0.2) is 11.0 Å². The maximum Gasteiger partial charge on any atom is 0.234 e. The van der Waals surface area contributed by atoms with Gasteiger partial charge >= 0.3 is 0 Å². The number of aryl methyl sites for hydroxylation is 2. The molecule has 0 spiro atoms. The molecule has 1 amide bonds. The number of amides is 1. The molecule has 2 heterocycles. The minimum Gasteiger partial charge on any atom is -0.383 e. The summed E-state index contributed by atoms with van der Waals surface area (Å²) in [5.74, 6) is 0.00644. The lowest BCUT2D eigenvalue weighted by molar-refractivity contribution is -0.119. The quantitative estimate of drug-likeness (QED) is 0.889. The number of carbonyl (C=O) groups excluding carboxylic acids is 1. The van der Waals surface area contributed by atoms with Crippen LogP contribution in [0.15, 0.2) is 24.3 Å². The fourth-order valence-electron chi connectivity index (χ4n) is 2.66. The first kappa shape index (κ1) is 14.3. The van der Waals surface area contributed by atoms with E-state index in [9.17, 15) is 9.90 Å². The van der Waals surface area contributed by atoms with Crippen molar-refractivity contribution in [2.24, 2.45) is 0 Å². The van der Waals surface area contributed by atoms with E-state index in [2.05, 4.69) is 19.2 Å². The molecular weight excluding hydrogens is 282 g/mol. The Kier molecular flexibility index (Phi) is 3.19. The van der Waals surface area contributed by atoms with Crippen molar-refractivity contribution >= 4 is 22.9 Å². The van der Waals surface area contributed by atoms with Gasteiger partial charge in [0.1, 0.15) is 6.10 Å². The van der Waals surface area contributed by atoms with Crippen molar-refractivity contribution in [1.82, 2.24) is 0 Å². The maximum absolute atomic E-state index is 12.0. The molecule has 0 radical (unpaired) electrons. The Hall–Kier alpha value is -1.65. The number of fused-ring (bicyclic) bond motifs is 1. The summed E-state index contributed by atoms with van der Waals surface area (Å²) in [5, 5.41) is 13.5. The van der Waals surface area contributed by atoms with E-state index in [1.807, 2.05) is 38.1 Å². The van der Waals surface area contributed by atoms with Gasteiger partial charge in [-0.05, 0) is 62.6 Å². The van der Waals surface area contributed by atoms with Crippen LogP contribution >= 0.6 is 11.3 Å². The van der Waals surface area contributed by atoms with Gasteiger partial charge in [-0.15, -0.1) is 11.3 Å². The first-order valence-corrected chi connectivity index (χ1v) is 7.83. The molecule has 3 rings (SSSR count). The average molecular weight is 301 g/mol. The second-order valence-electron chi connectivity index (χ2n) is 6.17. The molecule has 3 nitrogen and oxygen atoms in total. The van der Waals surface area contributed by atoms with Gasteiger partial charge in [0.2, 0.25) is 5.91 Å². The molecule has 1 aromatic carbocycles. The van der Waals surface area contributed by atoms with Crippen LogP contribution in [0.1, 0.15) is 46.4 Å². The molecule has 4 heteroatoms. The van der Waals surface area contributed by atoms with Crippen molar-refractivity contribution in [2.45, 2.75) is 39.2 Å². The second kappa shape index (κ2) is 4.68.